The summed E-state index contributed by atoms with van der Waals surface area (Å²) < 4.78 is 28.1. The van der Waals surface area contributed by atoms with Crippen molar-refractivity contribution in [3.8, 4) is 22.6 Å². The first-order valence-electron chi connectivity index (χ1n) is 12.3. The summed E-state index contributed by atoms with van der Waals surface area (Å²) in [6.07, 6.45) is 3.23. The minimum atomic E-state index is -3.71. The quantitative estimate of drug-likeness (QED) is 0.184. The molecule has 11 heteroatoms. The minimum absolute atomic E-state index is 0.0407. The Hall–Kier alpha value is -4.22. The molecular weight excluding hydrogens is 582 g/mol. The number of halogens is 1. The number of aromatic hydroxyl groups is 2. The minimum Gasteiger partial charge on any atom is -0.507 e. The molecule has 0 saturated heterocycles. The fourth-order valence-electron chi connectivity index (χ4n) is 4.14. The largest absolute Gasteiger partial charge is 0.507 e. The van der Waals surface area contributed by atoms with E-state index in [0.717, 1.165) is 28.3 Å². The molecule has 3 aromatic carbocycles. The van der Waals surface area contributed by atoms with Crippen molar-refractivity contribution < 1.29 is 23.4 Å². The van der Waals surface area contributed by atoms with Crippen LogP contribution in [0.1, 0.15) is 21.5 Å². The van der Waals surface area contributed by atoms with Crippen molar-refractivity contribution in [3.05, 3.63) is 124 Å². The Morgan fingerprint density at radius 3 is 2.27 bits per heavy atom. The van der Waals surface area contributed by atoms with E-state index >= 15 is 0 Å². The molecule has 0 aliphatic carbocycles. The second-order valence-corrected chi connectivity index (χ2v) is 12.1. The van der Waals surface area contributed by atoms with Crippen molar-refractivity contribution in [1.29, 1.82) is 0 Å². The fraction of sp³-hybridized carbons (Fsp3) is 0.0667. The number of sulfonamides is 1. The Balaban J connectivity index is 1.37. The van der Waals surface area contributed by atoms with E-state index in [1.165, 1.54) is 22.3 Å². The van der Waals surface area contributed by atoms with Gasteiger partial charge in [0.25, 0.3) is 5.91 Å². The monoisotopic (exact) mass is 605 g/mol. The molecule has 0 bridgehead atoms. The summed E-state index contributed by atoms with van der Waals surface area (Å²) in [4.78, 5) is 19.2. The molecule has 0 aliphatic rings. The van der Waals surface area contributed by atoms with E-state index in [0.29, 0.717) is 5.69 Å². The number of phenolic OH excluding ortho intramolecular Hbond substituents is 2. The van der Waals surface area contributed by atoms with Gasteiger partial charge < -0.3 is 15.1 Å². The number of amides is 1. The number of hydrogen-bond donors (Lipinski definition) is 3. The van der Waals surface area contributed by atoms with E-state index < -0.39 is 15.9 Å². The lowest BCUT2D eigenvalue weighted by Crippen LogP contribution is -2.30. The predicted molar refractivity (Wildman–Crippen MR) is 160 cm³/mol. The van der Waals surface area contributed by atoms with E-state index in [1.807, 2.05) is 29.0 Å². The summed E-state index contributed by atoms with van der Waals surface area (Å²) in [5.74, 6) is -1.19. The Morgan fingerprint density at radius 1 is 0.927 bits per heavy atom. The number of hydrogen-bond acceptors (Lipinski definition) is 7. The van der Waals surface area contributed by atoms with E-state index in [9.17, 15) is 23.4 Å². The Labute approximate surface area is 246 Å². The Morgan fingerprint density at radius 2 is 1.63 bits per heavy atom. The number of phenols is 2. The van der Waals surface area contributed by atoms with Crippen LogP contribution in [0.15, 0.2) is 107 Å². The van der Waals surface area contributed by atoms with Crippen LogP contribution in [0.3, 0.4) is 0 Å². The molecule has 0 saturated carbocycles. The summed E-state index contributed by atoms with van der Waals surface area (Å²) in [6, 6.07) is 21.5. The molecule has 0 spiro atoms. The number of carbonyl (C=O) groups excluding carboxylic acids is 1. The lowest BCUT2D eigenvalue weighted by atomic mass is 10.0. The van der Waals surface area contributed by atoms with Gasteiger partial charge in [0.05, 0.1) is 22.0 Å². The van der Waals surface area contributed by atoms with Crippen molar-refractivity contribution >= 4 is 44.6 Å². The van der Waals surface area contributed by atoms with Crippen LogP contribution in [-0.4, -0.2) is 29.5 Å². The lowest BCUT2D eigenvalue weighted by Gasteiger charge is -2.23. The Bertz CT molecular complexity index is 1760. The molecule has 0 atom stereocenters. The SMILES string of the molecule is O=C(c1cc(Cl)c(O)cc1O)N(Cc1ccsc1)c1ccc(-c2ccc(S(=O)(=O)NCc3cccnc3)cc2)cc1. The average Bonchev–Trinajstić information content (AvgIpc) is 3.51. The molecule has 2 heterocycles. The van der Waals surface area contributed by atoms with Crippen LogP contribution in [0.2, 0.25) is 5.02 Å². The van der Waals surface area contributed by atoms with Crippen LogP contribution in [0.5, 0.6) is 11.5 Å². The highest BCUT2D eigenvalue weighted by atomic mass is 35.5. The van der Waals surface area contributed by atoms with Crippen LogP contribution < -0.4 is 9.62 Å². The predicted octanol–water partition coefficient (Wildman–Crippen LogP) is 6.20. The van der Waals surface area contributed by atoms with Crippen molar-refractivity contribution in [1.82, 2.24) is 9.71 Å². The number of benzene rings is 3. The van der Waals surface area contributed by atoms with Gasteiger partial charge in [-0.05, 0) is 75.5 Å². The highest BCUT2D eigenvalue weighted by molar-refractivity contribution is 7.89. The van der Waals surface area contributed by atoms with Crippen molar-refractivity contribution in [2.75, 3.05) is 4.90 Å². The highest BCUT2D eigenvalue weighted by Crippen LogP contribution is 2.34. The van der Waals surface area contributed by atoms with Gasteiger partial charge in [-0.15, -0.1) is 0 Å². The maximum Gasteiger partial charge on any atom is 0.262 e. The third kappa shape index (κ3) is 6.58. The smallest absolute Gasteiger partial charge is 0.262 e. The highest BCUT2D eigenvalue weighted by Gasteiger charge is 2.23. The second kappa shape index (κ2) is 12.1. The number of pyridine rings is 1. The van der Waals surface area contributed by atoms with Gasteiger partial charge in [0.15, 0.2) is 0 Å². The molecule has 0 radical (unpaired) electrons. The molecule has 0 unspecified atom stereocenters. The number of anilines is 1. The maximum atomic E-state index is 13.5. The number of aromatic nitrogens is 1. The molecule has 208 valence electrons. The van der Waals surface area contributed by atoms with Crippen LogP contribution >= 0.6 is 22.9 Å². The number of nitrogens with zero attached hydrogens (tertiary/aromatic N) is 2. The van der Waals surface area contributed by atoms with Gasteiger partial charge in [-0.3, -0.25) is 9.78 Å². The van der Waals surface area contributed by atoms with Crippen LogP contribution in [0.4, 0.5) is 5.69 Å². The van der Waals surface area contributed by atoms with Crippen LogP contribution in [-0.2, 0) is 23.1 Å². The molecule has 0 fully saturated rings. The number of carbonyl (C=O) groups is 1. The first kappa shape index (κ1) is 28.3. The van der Waals surface area contributed by atoms with Crippen LogP contribution in [0, 0.1) is 0 Å². The van der Waals surface area contributed by atoms with Gasteiger partial charge in [0.1, 0.15) is 11.5 Å². The first-order chi connectivity index (χ1) is 19.7. The summed E-state index contributed by atoms with van der Waals surface area (Å²) in [7, 11) is -3.71. The molecular formula is C30H24ClN3O5S2. The molecule has 5 aromatic rings. The summed E-state index contributed by atoms with van der Waals surface area (Å²) in [5, 5.41) is 23.9. The number of rotatable bonds is 9. The zero-order chi connectivity index (χ0) is 29.0. The molecule has 3 N–H and O–H groups in total. The Kier molecular flexibility index (Phi) is 8.36. The van der Waals surface area contributed by atoms with Crippen molar-refractivity contribution in [2.45, 2.75) is 18.0 Å². The van der Waals surface area contributed by atoms with Gasteiger partial charge in [0, 0.05) is 30.7 Å². The van der Waals surface area contributed by atoms with E-state index in [-0.39, 0.29) is 40.1 Å². The maximum absolute atomic E-state index is 13.5. The third-order valence-electron chi connectivity index (χ3n) is 6.33. The van der Waals surface area contributed by atoms with Gasteiger partial charge >= 0.3 is 0 Å². The topological polar surface area (TPSA) is 120 Å². The van der Waals surface area contributed by atoms with E-state index in [1.54, 1.807) is 60.9 Å². The van der Waals surface area contributed by atoms with Gasteiger partial charge in [-0.1, -0.05) is 41.9 Å². The van der Waals surface area contributed by atoms with Gasteiger partial charge in [0.2, 0.25) is 10.0 Å². The fourth-order valence-corrected chi connectivity index (χ4v) is 5.98. The molecule has 1 amide bonds. The molecule has 41 heavy (non-hydrogen) atoms. The zero-order valence-corrected chi connectivity index (χ0v) is 23.8. The standard InChI is InChI=1S/C30H24ClN3O5S2/c31-27-14-26(28(35)15-29(27)36)30(37)34(18-21-11-13-40-19-21)24-7-3-22(4-8-24)23-5-9-25(10-6-23)41(38,39)33-17-20-2-1-12-32-16-20/h1-16,19,33,35-36H,17-18H2. The summed E-state index contributed by atoms with van der Waals surface area (Å²) >= 11 is 7.53. The average molecular weight is 606 g/mol. The summed E-state index contributed by atoms with van der Waals surface area (Å²) in [6.45, 7) is 0.381. The number of nitrogens with one attached hydrogen (secondary N) is 1. The van der Waals surface area contributed by atoms with Crippen molar-refractivity contribution in [2.24, 2.45) is 0 Å². The zero-order valence-electron chi connectivity index (χ0n) is 21.4. The second-order valence-electron chi connectivity index (χ2n) is 9.10. The van der Waals surface area contributed by atoms with Crippen molar-refractivity contribution in [3.63, 3.8) is 0 Å². The van der Waals surface area contributed by atoms with Gasteiger partial charge in [-0.2, -0.15) is 11.3 Å². The molecule has 2 aromatic heterocycles. The molecule has 5 rings (SSSR count). The number of thiophene rings is 1. The molecule has 8 nitrogen and oxygen atoms in total. The van der Waals surface area contributed by atoms with E-state index in [4.69, 9.17) is 11.6 Å². The summed E-state index contributed by atoms with van der Waals surface area (Å²) in [5.41, 5.74) is 3.81. The lowest BCUT2D eigenvalue weighted by molar-refractivity contribution is 0.0982. The third-order valence-corrected chi connectivity index (χ3v) is 8.78. The van der Waals surface area contributed by atoms with Crippen LogP contribution in [0.25, 0.3) is 11.1 Å². The molecule has 0 aliphatic heterocycles. The van der Waals surface area contributed by atoms with E-state index in [2.05, 4.69) is 9.71 Å². The first-order valence-corrected chi connectivity index (χ1v) is 15.1. The van der Waals surface area contributed by atoms with Gasteiger partial charge in [-0.25, -0.2) is 13.1 Å². The normalized spacial score (nSPS) is 11.3.